The Morgan fingerprint density at radius 1 is 1.00 bits per heavy atom. The van der Waals surface area contributed by atoms with Crippen molar-refractivity contribution in [3.8, 4) is 5.69 Å². The lowest BCUT2D eigenvalue weighted by molar-refractivity contribution is 0.912. The lowest BCUT2D eigenvalue weighted by atomic mass is 10.2. The largest absolute Gasteiger partial charge is 0.398 e. The van der Waals surface area contributed by atoms with E-state index in [1.165, 1.54) is 0 Å². The van der Waals surface area contributed by atoms with Gasteiger partial charge < -0.3 is 5.73 Å². The number of fused-ring (bicyclic) bond motifs is 2. The maximum Gasteiger partial charge on any atom is 0.0761 e. The molecule has 2 aromatic carbocycles. The maximum absolute atomic E-state index is 5.97. The molecule has 4 aromatic rings. The Bertz CT molecular complexity index is 924. The van der Waals surface area contributed by atoms with Crippen LogP contribution in [0.3, 0.4) is 0 Å². The minimum Gasteiger partial charge on any atom is -0.398 e. The third-order valence-corrected chi connectivity index (χ3v) is 3.48. The Labute approximate surface area is 115 Å². The fraction of sp³-hybridized carbons (Fsp3) is 0. The normalized spacial score (nSPS) is 11.2. The van der Waals surface area contributed by atoms with E-state index in [-0.39, 0.29) is 0 Å². The average molecular weight is 260 g/mol. The van der Waals surface area contributed by atoms with E-state index in [1.807, 2.05) is 47.1 Å². The number of nitrogens with zero attached hydrogens (tertiary/aromatic N) is 3. The second kappa shape index (κ2) is 4.06. The quantitative estimate of drug-likeness (QED) is 0.535. The molecule has 0 unspecified atom stereocenters. The average Bonchev–Trinajstić information content (AvgIpc) is 2.92. The molecular weight excluding hydrogens is 248 g/mol. The van der Waals surface area contributed by atoms with Crippen LogP contribution in [0.1, 0.15) is 0 Å². The third-order valence-electron chi connectivity index (χ3n) is 3.48. The summed E-state index contributed by atoms with van der Waals surface area (Å²) in [5, 5.41) is 6.52. The highest BCUT2D eigenvalue weighted by Crippen LogP contribution is 2.24. The molecule has 0 aliphatic heterocycles. The number of nitrogens with two attached hydrogens (primary N) is 1. The predicted octanol–water partition coefficient (Wildman–Crippen LogP) is 3.16. The number of pyridine rings is 1. The van der Waals surface area contributed by atoms with E-state index in [0.717, 1.165) is 33.2 Å². The van der Waals surface area contributed by atoms with Crippen LogP contribution in [0.25, 0.3) is 27.5 Å². The molecule has 2 heterocycles. The van der Waals surface area contributed by atoms with Gasteiger partial charge in [0, 0.05) is 22.7 Å². The van der Waals surface area contributed by atoms with E-state index in [2.05, 4.69) is 16.1 Å². The molecule has 0 aliphatic rings. The Morgan fingerprint density at radius 2 is 1.95 bits per heavy atom. The van der Waals surface area contributed by atoms with Crippen molar-refractivity contribution in [1.29, 1.82) is 0 Å². The Morgan fingerprint density at radius 3 is 2.90 bits per heavy atom. The summed E-state index contributed by atoms with van der Waals surface area (Å²) < 4.78 is 1.90. The van der Waals surface area contributed by atoms with E-state index in [4.69, 9.17) is 5.73 Å². The predicted molar refractivity (Wildman–Crippen MR) is 80.8 cm³/mol. The summed E-state index contributed by atoms with van der Waals surface area (Å²) in [5.74, 6) is 0. The van der Waals surface area contributed by atoms with Gasteiger partial charge in [-0.15, -0.1) is 0 Å². The van der Waals surface area contributed by atoms with E-state index >= 15 is 0 Å². The van der Waals surface area contributed by atoms with Crippen molar-refractivity contribution in [2.75, 3.05) is 5.73 Å². The molecule has 0 spiro atoms. The Kier molecular flexibility index (Phi) is 2.23. The minimum atomic E-state index is 0.746. The molecule has 20 heavy (non-hydrogen) atoms. The van der Waals surface area contributed by atoms with Crippen LogP contribution >= 0.6 is 0 Å². The highest BCUT2D eigenvalue weighted by molar-refractivity contribution is 5.91. The van der Waals surface area contributed by atoms with Gasteiger partial charge in [-0.1, -0.05) is 12.1 Å². The number of nitrogen functional groups attached to an aromatic ring is 1. The molecule has 0 radical (unpaired) electrons. The first-order valence-corrected chi connectivity index (χ1v) is 6.40. The first-order chi connectivity index (χ1) is 9.83. The summed E-state index contributed by atoms with van der Waals surface area (Å²) in [7, 11) is 0. The lowest BCUT2D eigenvalue weighted by Gasteiger charge is -2.05. The van der Waals surface area contributed by atoms with Crippen LogP contribution in [0, 0.1) is 0 Å². The van der Waals surface area contributed by atoms with Gasteiger partial charge in [0.2, 0.25) is 0 Å². The lowest BCUT2D eigenvalue weighted by Crippen LogP contribution is -1.96. The van der Waals surface area contributed by atoms with Crippen molar-refractivity contribution in [1.82, 2.24) is 14.8 Å². The summed E-state index contributed by atoms with van der Waals surface area (Å²) in [6.07, 6.45) is 3.60. The van der Waals surface area contributed by atoms with Crippen molar-refractivity contribution >= 4 is 27.5 Å². The van der Waals surface area contributed by atoms with Gasteiger partial charge in [0.05, 0.1) is 22.9 Å². The van der Waals surface area contributed by atoms with Crippen molar-refractivity contribution in [2.24, 2.45) is 0 Å². The molecule has 0 amide bonds. The zero-order valence-electron chi connectivity index (χ0n) is 10.7. The van der Waals surface area contributed by atoms with Crippen LogP contribution in [-0.4, -0.2) is 14.8 Å². The van der Waals surface area contributed by atoms with Crippen LogP contribution in [0.4, 0.5) is 5.69 Å². The van der Waals surface area contributed by atoms with Gasteiger partial charge in [-0.25, -0.2) is 4.68 Å². The summed E-state index contributed by atoms with van der Waals surface area (Å²) in [6, 6.07) is 15.9. The summed E-state index contributed by atoms with van der Waals surface area (Å²) in [4.78, 5) is 4.33. The fourth-order valence-electron chi connectivity index (χ4n) is 2.47. The van der Waals surface area contributed by atoms with Gasteiger partial charge in [-0.2, -0.15) is 5.10 Å². The number of hydrogen-bond donors (Lipinski definition) is 1. The monoisotopic (exact) mass is 260 g/mol. The third kappa shape index (κ3) is 1.55. The molecule has 0 bridgehead atoms. The summed E-state index contributed by atoms with van der Waals surface area (Å²) >= 11 is 0. The van der Waals surface area contributed by atoms with Crippen molar-refractivity contribution < 1.29 is 0 Å². The van der Waals surface area contributed by atoms with Gasteiger partial charge in [0.1, 0.15) is 0 Å². The van der Waals surface area contributed by atoms with Gasteiger partial charge in [0.15, 0.2) is 0 Å². The van der Waals surface area contributed by atoms with E-state index < -0.39 is 0 Å². The molecular formula is C16H12N4. The molecule has 4 nitrogen and oxygen atoms in total. The van der Waals surface area contributed by atoms with Gasteiger partial charge >= 0.3 is 0 Å². The zero-order valence-corrected chi connectivity index (χ0v) is 10.7. The van der Waals surface area contributed by atoms with Crippen LogP contribution in [-0.2, 0) is 0 Å². The van der Waals surface area contributed by atoms with Crippen molar-refractivity contribution in [2.45, 2.75) is 0 Å². The standard InChI is InChI=1S/C16H12N4/c17-14-4-1-5-16-13(14)10-19-20(16)12-6-7-15-11(9-12)3-2-8-18-15/h1-10H,17H2. The number of anilines is 1. The van der Waals surface area contributed by atoms with Crippen LogP contribution in [0.5, 0.6) is 0 Å². The highest BCUT2D eigenvalue weighted by Gasteiger charge is 2.07. The molecule has 0 aliphatic carbocycles. The van der Waals surface area contributed by atoms with Gasteiger partial charge in [-0.05, 0) is 36.4 Å². The van der Waals surface area contributed by atoms with Crippen molar-refractivity contribution in [3.05, 3.63) is 60.9 Å². The van der Waals surface area contributed by atoms with E-state index in [0.29, 0.717) is 0 Å². The molecule has 0 atom stereocenters. The topological polar surface area (TPSA) is 56.7 Å². The van der Waals surface area contributed by atoms with Gasteiger partial charge in [0.25, 0.3) is 0 Å². The fourth-order valence-corrected chi connectivity index (χ4v) is 2.47. The van der Waals surface area contributed by atoms with E-state index in [9.17, 15) is 0 Å². The molecule has 0 saturated carbocycles. The summed E-state index contributed by atoms with van der Waals surface area (Å²) in [6.45, 7) is 0. The number of rotatable bonds is 1. The van der Waals surface area contributed by atoms with E-state index in [1.54, 1.807) is 12.4 Å². The molecule has 0 saturated heterocycles. The zero-order chi connectivity index (χ0) is 13.5. The maximum atomic E-state index is 5.97. The molecule has 4 rings (SSSR count). The van der Waals surface area contributed by atoms with Gasteiger partial charge in [-0.3, -0.25) is 4.98 Å². The first kappa shape index (κ1) is 11.0. The molecule has 0 fully saturated rings. The molecule has 2 aromatic heterocycles. The second-order valence-corrected chi connectivity index (χ2v) is 4.72. The molecule has 2 N–H and O–H groups in total. The van der Waals surface area contributed by atoms with Crippen LogP contribution < -0.4 is 5.73 Å². The molecule has 96 valence electrons. The summed E-state index contributed by atoms with van der Waals surface area (Å²) in [5.41, 5.74) is 9.71. The minimum absolute atomic E-state index is 0.746. The SMILES string of the molecule is Nc1cccc2c1cnn2-c1ccc2ncccc2c1. The smallest absolute Gasteiger partial charge is 0.0761 e. The Balaban J connectivity index is 1.99. The number of benzene rings is 2. The van der Waals surface area contributed by atoms with Crippen molar-refractivity contribution in [3.63, 3.8) is 0 Å². The Hall–Kier alpha value is -2.88. The van der Waals surface area contributed by atoms with Crippen LogP contribution in [0.15, 0.2) is 60.9 Å². The molecule has 4 heteroatoms. The number of hydrogen-bond acceptors (Lipinski definition) is 3. The second-order valence-electron chi connectivity index (χ2n) is 4.72. The first-order valence-electron chi connectivity index (χ1n) is 6.40. The number of aromatic nitrogens is 3. The van der Waals surface area contributed by atoms with Crippen LogP contribution in [0.2, 0.25) is 0 Å². The highest BCUT2D eigenvalue weighted by atomic mass is 15.3.